The smallest absolute Gasteiger partial charge is 0.0338 e. The van der Waals surface area contributed by atoms with Crippen LogP contribution in [0.4, 0.5) is 0 Å². The summed E-state index contributed by atoms with van der Waals surface area (Å²) in [7, 11) is 2.01. The third-order valence-corrected chi connectivity index (χ3v) is 4.39. The summed E-state index contributed by atoms with van der Waals surface area (Å²) in [5.41, 5.74) is 5.70. The van der Waals surface area contributed by atoms with Gasteiger partial charge in [0, 0.05) is 11.7 Å². The molecule has 0 spiro atoms. The number of fused-ring (bicyclic) bond motifs is 1. The van der Waals surface area contributed by atoms with Gasteiger partial charge in [-0.25, -0.2) is 0 Å². The average molecular weight is 286 g/mol. The van der Waals surface area contributed by atoms with Gasteiger partial charge in [-0.3, -0.25) is 0 Å². The number of unbranched alkanes of at least 4 members (excludes halogenated alkanes) is 1. The first kappa shape index (κ1) is 16.1. The molecule has 116 valence electrons. The molecule has 0 aliphatic heterocycles. The first-order chi connectivity index (χ1) is 10.1. The summed E-state index contributed by atoms with van der Waals surface area (Å²) < 4.78 is 0. The maximum atomic E-state index is 4.19. The fourth-order valence-electron chi connectivity index (χ4n) is 3.10. The molecule has 0 aromatic heterocycles. The predicted molar refractivity (Wildman–Crippen MR) is 91.8 cm³/mol. The van der Waals surface area contributed by atoms with Crippen LogP contribution in [-0.2, 0) is 12.8 Å². The van der Waals surface area contributed by atoms with E-state index >= 15 is 0 Å². The Morgan fingerprint density at radius 2 is 2.00 bits per heavy atom. The molecule has 0 fully saturated rings. The standard InChI is InChI=1S/C19H30N2/c1-14(2)16-8-9-17-12-19(13-18(17)11-16)21-15(3)7-5-6-10-20-4/h8-9,11,14,19-21H,3,5-7,10,12-13H2,1-2,4H3. The van der Waals surface area contributed by atoms with Gasteiger partial charge in [0.05, 0.1) is 0 Å². The van der Waals surface area contributed by atoms with E-state index in [9.17, 15) is 0 Å². The van der Waals surface area contributed by atoms with E-state index in [1.54, 1.807) is 0 Å². The highest BCUT2D eigenvalue weighted by atomic mass is 14.9. The summed E-state index contributed by atoms with van der Waals surface area (Å²) >= 11 is 0. The van der Waals surface area contributed by atoms with E-state index in [0.29, 0.717) is 12.0 Å². The lowest BCUT2D eigenvalue weighted by molar-refractivity contribution is 0.565. The van der Waals surface area contributed by atoms with E-state index in [2.05, 4.69) is 49.3 Å². The van der Waals surface area contributed by atoms with Crippen molar-refractivity contribution in [2.75, 3.05) is 13.6 Å². The van der Waals surface area contributed by atoms with Crippen LogP contribution in [0.5, 0.6) is 0 Å². The van der Waals surface area contributed by atoms with Crippen LogP contribution in [0.25, 0.3) is 0 Å². The van der Waals surface area contributed by atoms with Crippen LogP contribution in [0, 0.1) is 0 Å². The highest BCUT2D eigenvalue weighted by molar-refractivity contribution is 5.38. The lowest BCUT2D eigenvalue weighted by atomic mass is 9.99. The second-order valence-electron chi connectivity index (χ2n) is 6.60. The Morgan fingerprint density at radius 3 is 2.71 bits per heavy atom. The Kier molecular flexibility index (Phi) is 5.86. The van der Waals surface area contributed by atoms with E-state index in [-0.39, 0.29) is 0 Å². The molecule has 0 bridgehead atoms. The van der Waals surface area contributed by atoms with E-state index < -0.39 is 0 Å². The summed E-state index contributed by atoms with van der Waals surface area (Å²) in [5.74, 6) is 0.615. The quantitative estimate of drug-likeness (QED) is 0.711. The molecule has 2 N–H and O–H groups in total. The minimum Gasteiger partial charge on any atom is -0.385 e. The third-order valence-electron chi connectivity index (χ3n) is 4.39. The molecule has 0 radical (unpaired) electrons. The third kappa shape index (κ3) is 4.60. The van der Waals surface area contributed by atoms with Crippen molar-refractivity contribution in [2.24, 2.45) is 0 Å². The monoisotopic (exact) mass is 286 g/mol. The van der Waals surface area contributed by atoms with Gasteiger partial charge in [0.15, 0.2) is 0 Å². The van der Waals surface area contributed by atoms with Crippen molar-refractivity contribution >= 4 is 0 Å². The number of allylic oxidation sites excluding steroid dienone is 1. The summed E-state index contributed by atoms with van der Waals surface area (Å²) in [6, 6.07) is 7.55. The first-order valence-electron chi connectivity index (χ1n) is 8.30. The molecule has 2 nitrogen and oxygen atoms in total. The number of hydrogen-bond donors (Lipinski definition) is 2. The highest BCUT2D eigenvalue weighted by Crippen LogP contribution is 2.27. The van der Waals surface area contributed by atoms with Crippen LogP contribution in [-0.4, -0.2) is 19.6 Å². The molecule has 1 aromatic rings. The second kappa shape index (κ2) is 7.65. The van der Waals surface area contributed by atoms with Crippen LogP contribution in [0.3, 0.4) is 0 Å². The minimum absolute atomic E-state index is 0.541. The van der Waals surface area contributed by atoms with Crippen molar-refractivity contribution in [3.8, 4) is 0 Å². The number of hydrogen-bond acceptors (Lipinski definition) is 2. The zero-order valence-corrected chi connectivity index (χ0v) is 13.8. The molecule has 2 heteroatoms. The van der Waals surface area contributed by atoms with Gasteiger partial charge in [-0.2, -0.15) is 0 Å². The normalized spacial score (nSPS) is 17.0. The van der Waals surface area contributed by atoms with Gasteiger partial charge in [0.25, 0.3) is 0 Å². The molecule has 2 rings (SSSR count). The molecule has 0 saturated heterocycles. The van der Waals surface area contributed by atoms with Gasteiger partial charge in [-0.05, 0) is 68.3 Å². The molecule has 1 aliphatic rings. The lowest BCUT2D eigenvalue weighted by Gasteiger charge is -2.15. The number of nitrogens with one attached hydrogen (secondary N) is 2. The SMILES string of the molecule is C=C(CCCCNC)NC1Cc2ccc(C(C)C)cc2C1. The summed E-state index contributed by atoms with van der Waals surface area (Å²) in [6.07, 6.45) is 5.81. The Bertz CT molecular complexity index is 476. The van der Waals surface area contributed by atoms with Gasteiger partial charge < -0.3 is 10.6 Å². The van der Waals surface area contributed by atoms with Crippen molar-refractivity contribution in [1.82, 2.24) is 10.6 Å². The molecule has 1 atom stereocenters. The predicted octanol–water partition coefficient (Wildman–Crippen LogP) is 3.77. The van der Waals surface area contributed by atoms with Gasteiger partial charge in [0.2, 0.25) is 0 Å². The van der Waals surface area contributed by atoms with Crippen LogP contribution in [0.15, 0.2) is 30.5 Å². The van der Waals surface area contributed by atoms with Crippen molar-refractivity contribution in [3.05, 3.63) is 47.2 Å². The molecule has 1 aromatic carbocycles. The largest absolute Gasteiger partial charge is 0.385 e. The molecule has 1 unspecified atom stereocenters. The summed E-state index contributed by atoms with van der Waals surface area (Å²) in [5, 5.41) is 6.83. The number of benzene rings is 1. The van der Waals surface area contributed by atoms with Crippen molar-refractivity contribution in [2.45, 2.75) is 57.9 Å². The van der Waals surface area contributed by atoms with E-state index in [0.717, 1.165) is 25.8 Å². The molecule has 1 aliphatic carbocycles. The Balaban J connectivity index is 1.81. The van der Waals surface area contributed by atoms with Crippen molar-refractivity contribution in [1.29, 1.82) is 0 Å². The van der Waals surface area contributed by atoms with Crippen LogP contribution in [0.1, 0.15) is 55.7 Å². The topological polar surface area (TPSA) is 24.1 Å². The highest BCUT2D eigenvalue weighted by Gasteiger charge is 2.21. The Hall–Kier alpha value is -1.28. The van der Waals surface area contributed by atoms with Gasteiger partial charge in [0.1, 0.15) is 0 Å². The first-order valence-corrected chi connectivity index (χ1v) is 8.30. The Labute approximate surface area is 130 Å². The Morgan fingerprint density at radius 1 is 1.24 bits per heavy atom. The van der Waals surface area contributed by atoms with E-state index in [4.69, 9.17) is 0 Å². The van der Waals surface area contributed by atoms with Crippen molar-refractivity contribution in [3.63, 3.8) is 0 Å². The fraction of sp³-hybridized carbons (Fsp3) is 0.579. The maximum Gasteiger partial charge on any atom is 0.0338 e. The van der Waals surface area contributed by atoms with Crippen LogP contribution in [0.2, 0.25) is 0 Å². The molecule has 0 saturated carbocycles. The van der Waals surface area contributed by atoms with E-state index in [1.807, 2.05) is 7.05 Å². The van der Waals surface area contributed by atoms with Gasteiger partial charge >= 0.3 is 0 Å². The van der Waals surface area contributed by atoms with Crippen LogP contribution < -0.4 is 10.6 Å². The summed E-state index contributed by atoms with van der Waals surface area (Å²) in [6.45, 7) is 9.82. The van der Waals surface area contributed by atoms with E-state index in [1.165, 1.54) is 35.2 Å². The molecule has 21 heavy (non-hydrogen) atoms. The average Bonchev–Trinajstić information content (AvgIpc) is 2.84. The molecular formula is C19H30N2. The zero-order valence-electron chi connectivity index (χ0n) is 13.8. The van der Waals surface area contributed by atoms with Crippen LogP contribution >= 0.6 is 0 Å². The minimum atomic E-state index is 0.541. The lowest BCUT2D eigenvalue weighted by Crippen LogP contribution is -2.28. The molecule has 0 heterocycles. The fourth-order valence-corrected chi connectivity index (χ4v) is 3.10. The van der Waals surface area contributed by atoms with Crippen molar-refractivity contribution < 1.29 is 0 Å². The molecule has 0 amide bonds. The van der Waals surface area contributed by atoms with Gasteiger partial charge in [-0.1, -0.05) is 38.6 Å². The van der Waals surface area contributed by atoms with Gasteiger partial charge in [-0.15, -0.1) is 0 Å². The maximum absolute atomic E-state index is 4.19. The second-order valence-corrected chi connectivity index (χ2v) is 6.60. The number of rotatable bonds is 8. The summed E-state index contributed by atoms with van der Waals surface area (Å²) in [4.78, 5) is 0. The molecular weight excluding hydrogens is 256 g/mol. The zero-order chi connectivity index (χ0) is 15.2.